The Kier molecular flexibility index (Phi) is 5.24. The summed E-state index contributed by atoms with van der Waals surface area (Å²) in [6, 6.07) is 8.19. The smallest absolute Gasteiger partial charge is 0.159 e. The fourth-order valence-corrected chi connectivity index (χ4v) is 3.42. The van der Waals surface area contributed by atoms with E-state index >= 15 is 0 Å². The van der Waals surface area contributed by atoms with Crippen LogP contribution in [0.5, 0.6) is 0 Å². The molecule has 4 atom stereocenters. The lowest BCUT2D eigenvalue weighted by Crippen LogP contribution is -2.22. The van der Waals surface area contributed by atoms with E-state index in [4.69, 9.17) is 0 Å². The molecule has 1 fully saturated rings. The number of alkyl halides is 1. The van der Waals surface area contributed by atoms with Gasteiger partial charge in [-0.3, -0.25) is 0 Å². The molecule has 0 spiro atoms. The average Bonchev–Trinajstić information content (AvgIpc) is 2.58. The summed E-state index contributed by atoms with van der Waals surface area (Å²) in [5.41, 5.74) is 3.10. The van der Waals surface area contributed by atoms with Gasteiger partial charge in [-0.2, -0.15) is 0 Å². The van der Waals surface area contributed by atoms with Crippen molar-refractivity contribution >= 4 is 0 Å². The van der Waals surface area contributed by atoms with E-state index in [1.807, 2.05) is 19.1 Å². The summed E-state index contributed by atoms with van der Waals surface area (Å²) in [6.45, 7) is 3.75. The number of hydrogen-bond acceptors (Lipinski definition) is 3. The van der Waals surface area contributed by atoms with E-state index in [0.717, 1.165) is 24.0 Å². The Morgan fingerprint density at radius 2 is 1.83 bits per heavy atom. The van der Waals surface area contributed by atoms with E-state index in [0.29, 0.717) is 24.6 Å². The van der Waals surface area contributed by atoms with Crippen molar-refractivity contribution in [3.05, 3.63) is 47.8 Å². The van der Waals surface area contributed by atoms with Gasteiger partial charge in [0.1, 0.15) is 6.17 Å². The number of nitrogens with zero attached hydrogens (tertiary/aromatic N) is 2. The normalized spacial score (nSPS) is 25.4. The predicted octanol–water partition coefficient (Wildman–Crippen LogP) is 4.31. The molecule has 0 saturated heterocycles. The van der Waals surface area contributed by atoms with Gasteiger partial charge in [0.2, 0.25) is 0 Å². The van der Waals surface area contributed by atoms with Crippen LogP contribution in [0.25, 0.3) is 11.4 Å². The largest absolute Gasteiger partial charge is 0.393 e. The molecule has 1 N–H and O–H groups in total. The van der Waals surface area contributed by atoms with Crippen LogP contribution in [0.1, 0.15) is 50.2 Å². The molecule has 0 bridgehead atoms. The third-order valence-electron chi connectivity index (χ3n) is 4.97. The van der Waals surface area contributed by atoms with Crippen LogP contribution in [-0.2, 0) is 6.42 Å². The molecule has 0 aliphatic heterocycles. The quantitative estimate of drug-likeness (QED) is 0.910. The molecule has 0 amide bonds. The van der Waals surface area contributed by atoms with Gasteiger partial charge >= 0.3 is 0 Å². The molecular formula is C20H25FN2O. The number of aliphatic hydroxyl groups is 1. The summed E-state index contributed by atoms with van der Waals surface area (Å²) < 4.78 is 13.9. The second-order valence-corrected chi connectivity index (χ2v) is 7.09. The third kappa shape index (κ3) is 3.99. The highest BCUT2D eigenvalue weighted by molar-refractivity contribution is 5.55. The Hall–Kier alpha value is -1.81. The van der Waals surface area contributed by atoms with Gasteiger partial charge < -0.3 is 5.11 Å². The van der Waals surface area contributed by atoms with Crippen molar-refractivity contribution in [2.45, 2.75) is 57.7 Å². The summed E-state index contributed by atoms with van der Waals surface area (Å²) in [7, 11) is 0. The van der Waals surface area contributed by atoms with E-state index in [9.17, 15) is 9.50 Å². The second-order valence-electron chi connectivity index (χ2n) is 7.09. The Morgan fingerprint density at radius 3 is 2.42 bits per heavy atom. The van der Waals surface area contributed by atoms with E-state index in [2.05, 4.69) is 22.1 Å². The fourth-order valence-electron chi connectivity index (χ4n) is 3.42. The maximum Gasteiger partial charge on any atom is 0.159 e. The zero-order valence-corrected chi connectivity index (χ0v) is 14.3. The molecule has 24 heavy (non-hydrogen) atoms. The first-order valence-corrected chi connectivity index (χ1v) is 8.76. The van der Waals surface area contributed by atoms with Crippen LogP contribution in [-0.4, -0.2) is 27.4 Å². The number of rotatable bonds is 4. The molecule has 1 heterocycles. The number of aliphatic hydroxyl groups excluding tert-OH is 1. The van der Waals surface area contributed by atoms with Crippen molar-refractivity contribution in [2.75, 3.05) is 0 Å². The lowest BCUT2D eigenvalue weighted by atomic mass is 9.78. The van der Waals surface area contributed by atoms with Crippen LogP contribution in [0.4, 0.5) is 4.39 Å². The summed E-state index contributed by atoms with van der Waals surface area (Å²) in [6.07, 6.45) is 5.66. The van der Waals surface area contributed by atoms with Crippen molar-refractivity contribution < 1.29 is 9.50 Å². The maximum atomic E-state index is 13.9. The SMILES string of the molecule is CC(O)Cc1cnc(-c2ccc(C3CCC(C)C(F)C3)cc2)nc1. The minimum absolute atomic E-state index is 0.189. The summed E-state index contributed by atoms with van der Waals surface area (Å²) in [5.74, 6) is 1.19. The maximum absolute atomic E-state index is 13.9. The fraction of sp³-hybridized carbons (Fsp3) is 0.500. The van der Waals surface area contributed by atoms with Gasteiger partial charge in [0.15, 0.2) is 5.82 Å². The number of aromatic nitrogens is 2. The topological polar surface area (TPSA) is 46.0 Å². The van der Waals surface area contributed by atoms with E-state index in [-0.39, 0.29) is 5.92 Å². The number of benzene rings is 1. The molecule has 3 rings (SSSR count). The number of halogens is 1. The minimum atomic E-state index is -0.687. The van der Waals surface area contributed by atoms with Crippen molar-refractivity contribution in [2.24, 2.45) is 5.92 Å². The van der Waals surface area contributed by atoms with E-state index in [1.54, 1.807) is 19.3 Å². The van der Waals surface area contributed by atoms with Gasteiger partial charge in [-0.05, 0) is 49.1 Å². The molecule has 4 heteroatoms. The summed E-state index contributed by atoms with van der Waals surface area (Å²) in [4.78, 5) is 8.77. The molecule has 1 aliphatic carbocycles. The Morgan fingerprint density at radius 1 is 1.17 bits per heavy atom. The van der Waals surface area contributed by atoms with E-state index in [1.165, 1.54) is 5.56 Å². The first-order chi connectivity index (χ1) is 11.5. The van der Waals surface area contributed by atoms with Crippen molar-refractivity contribution in [3.63, 3.8) is 0 Å². The van der Waals surface area contributed by atoms with Crippen molar-refractivity contribution in [3.8, 4) is 11.4 Å². The van der Waals surface area contributed by atoms with Gasteiger partial charge in [0.25, 0.3) is 0 Å². The molecule has 1 aromatic heterocycles. The van der Waals surface area contributed by atoms with Gasteiger partial charge in [-0.25, -0.2) is 14.4 Å². The predicted molar refractivity (Wildman–Crippen MR) is 93.5 cm³/mol. The third-order valence-corrected chi connectivity index (χ3v) is 4.97. The lowest BCUT2D eigenvalue weighted by molar-refractivity contribution is 0.163. The molecule has 4 unspecified atom stereocenters. The molecule has 0 radical (unpaired) electrons. The van der Waals surface area contributed by atoms with Gasteiger partial charge in [-0.1, -0.05) is 31.2 Å². The zero-order valence-electron chi connectivity index (χ0n) is 14.3. The molecule has 1 aliphatic rings. The Bertz CT molecular complexity index is 654. The van der Waals surface area contributed by atoms with E-state index < -0.39 is 12.3 Å². The van der Waals surface area contributed by atoms with Crippen molar-refractivity contribution in [1.29, 1.82) is 0 Å². The van der Waals surface area contributed by atoms with Crippen LogP contribution in [0.2, 0.25) is 0 Å². The van der Waals surface area contributed by atoms with Gasteiger partial charge in [-0.15, -0.1) is 0 Å². The van der Waals surface area contributed by atoms with Crippen LogP contribution in [0.15, 0.2) is 36.7 Å². The second kappa shape index (κ2) is 7.39. The monoisotopic (exact) mass is 328 g/mol. The zero-order chi connectivity index (χ0) is 17.1. The van der Waals surface area contributed by atoms with Crippen LogP contribution < -0.4 is 0 Å². The Balaban J connectivity index is 1.70. The van der Waals surface area contributed by atoms with Crippen LogP contribution >= 0.6 is 0 Å². The molecule has 1 aromatic carbocycles. The molecule has 128 valence electrons. The molecule has 1 saturated carbocycles. The molecule has 3 nitrogen and oxygen atoms in total. The number of hydrogen-bond donors (Lipinski definition) is 1. The standard InChI is InChI=1S/C20H25FN2O/c1-13-3-4-18(10-19(13)21)16-5-7-17(8-6-16)20-22-11-15(12-23-20)9-14(2)24/h5-8,11-14,18-19,24H,3-4,9-10H2,1-2H3. The Labute approximate surface area is 143 Å². The first kappa shape index (κ1) is 17.0. The highest BCUT2D eigenvalue weighted by Crippen LogP contribution is 2.37. The molecule has 2 aromatic rings. The van der Waals surface area contributed by atoms with Crippen LogP contribution in [0.3, 0.4) is 0 Å². The average molecular weight is 328 g/mol. The summed E-state index contributed by atoms with van der Waals surface area (Å²) >= 11 is 0. The van der Waals surface area contributed by atoms with Gasteiger partial charge in [0.05, 0.1) is 6.10 Å². The van der Waals surface area contributed by atoms with Crippen molar-refractivity contribution in [1.82, 2.24) is 9.97 Å². The first-order valence-electron chi connectivity index (χ1n) is 8.76. The minimum Gasteiger partial charge on any atom is -0.393 e. The highest BCUT2D eigenvalue weighted by Gasteiger charge is 2.28. The van der Waals surface area contributed by atoms with Gasteiger partial charge in [0, 0.05) is 24.4 Å². The molecular weight excluding hydrogens is 303 g/mol. The lowest BCUT2D eigenvalue weighted by Gasteiger charge is -2.29. The summed E-state index contributed by atoms with van der Waals surface area (Å²) in [5, 5.41) is 9.40. The highest BCUT2D eigenvalue weighted by atomic mass is 19.1. The van der Waals surface area contributed by atoms with Crippen LogP contribution in [0, 0.1) is 5.92 Å².